The van der Waals surface area contributed by atoms with Gasteiger partial charge in [0.25, 0.3) is 0 Å². The molecule has 0 bridgehead atoms. The lowest BCUT2D eigenvalue weighted by molar-refractivity contribution is 0.306. The van der Waals surface area contributed by atoms with Crippen molar-refractivity contribution in [2.24, 2.45) is 0 Å². The van der Waals surface area contributed by atoms with Crippen LogP contribution >= 0.6 is 11.6 Å². The Hall–Kier alpha value is -1.98. The first-order valence-electron chi connectivity index (χ1n) is 5.57. The summed E-state index contributed by atoms with van der Waals surface area (Å²) in [6.07, 6.45) is 0. The third kappa shape index (κ3) is 3.03. The van der Waals surface area contributed by atoms with E-state index in [1.807, 2.05) is 37.3 Å². The Balaban J connectivity index is 2.09. The second-order valence-corrected chi connectivity index (χ2v) is 4.43. The van der Waals surface area contributed by atoms with E-state index in [1.54, 1.807) is 12.1 Å². The number of halogens is 1. The number of aryl methyl sites for hydroxylation is 1. The Morgan fingerprint density at radius 1 is 1.22 bits per heavy atom. The van der Waals surface area contributed by atoms with Crippen molar-refractivity contribution < 1.29 is 4.74 Å². The zero-order valence-electron chi connectivity index (χ0n) is 9.98. The number of nitriles is 1. The van der Waals surface area contributed by atoms with Crippen LogP contribution in [0.25, 0.3) is 0 Å². The van der Waals surface area contributed by atoms with E-state index in [-0.39, 0.29) is 0 Å². The highest BCUT2D eigenvalue weighted by Gasteiger charge is 2.03. The highest BCUT2D eigenvalue weighted by molar-refractivity contribution is 6.31. The van der Waals surface area contributed by atoms with E-state index in [1.165, 1.54) is 0 Å². The summed E-state index contributed by atoms with van der Waals surface area (Å²) in [5.41, 5.74) is 2.58. The minimum Gasteiger partial charge on any atom is -0.489 e. The van der Waals surface area contributed by atoms with Crippen molar-refractivity contribution in [1.29, 1.82) is 5.26 Å². The molecule has 0 heterocycles. The first-order chi connectivity index (χ1) is 8.69. The summed E-state index contributed by atoms with van der Waals surface area (Å²) in [6, 6.07) is 15.1. The van der Waals surface area contributed by atoms with Gasteiger partial charge in [0.2, 0.25) is 0 Å². The highest BCUT2D eigenvalue weighted by Crippen LogP contribution is 2.20. The molecule has 0 fully saturated rings. The molecule has 0 saturated heterocycles. The molecule has 0 radical (unpaired) electrons. The lowest BCUT2D eigenvalue weighted by Crippen LogP contribution is -1.96. The summed E-state index contributed by atoms with van der Waals surface area (Å²) in [5, 5.41) is 9.31. The monoisotopic (exact) mass is 257 g/mol. The van der Waals surface area contributed by atoms with Crippen molar-refractivity contribution in [3.63, 3.8) is 0 Å². The molecule has 0 unspecified atom stereocenters. The van der Waals surface area contributed by atoms with Crippen LogP contribution in [0.3, 0.4) is 0 Å². The Bertz CT molecular complexity index is 602. The fourth-order valence-corrected chi connectivity index (χ4v) is 1.84. The second-order valence-electron chi connectivity index (χ2n) is 4.02. The van der Waals surface area contributed by atoms with Crippen molar-refractivity contribution in [3.8, 4) is 11.8 Å². The summed E-state index contributed by atoms with van der Waals surface area (Å²) in [7, 11) is 0. The molecular weight excluding hydrogens is 246 g/mol. The van der Waals surface area contributed by atoms with Gasteiger partial charge in [0.1, 0.15) is 12.4 Å². The first kappa shape index (κ1) is 12.5. The highest BCUT2D eigenvalue weighted by atomic mass is 35.5. The first-order valence-corrected chi connectivity index (χ1v) is 5.95. The fraction of sp³-hybridized carbons (Fsp3) is 0.133. The van der Waals surface area contributed by atoms with E-state index >= 15 is 0 Å². The van der Waals surface area contributed by atoms with E-state index in [2.05, 4.69) is 6.07 Å². The summed E-state index contributed by atoms with van der Waals surface area (Å²) in [5.74, 6) is 0.815. The molecule has 0 aliphatic carbocycles. The van der Waals surface area contributed by atoms with Gasteiger partial charge >= 0.3 is 0 Å². The number of rotatable bonds is 3. The van der Waals surface area contributed by atoms with Crippen molar-refractivity contribution >= 4 is 11.6 Å². The minimum atomic E-state index is 0.397. The van der Waals surface area contributed by atoms with Crippen LogP contribution in [0, 0.1) is 18.3 Å². The average molecular weight is 258 g/mol. The Morgan fingerprint density at radius 3 is 2.72 bits per heavy atom. The van der Waals surface area contributed by atoms with Crippen molar-refractivity contribution in [2.45, 2.75) is 13.5 Å². The molecule has 2 aromatic rings. The molecule has 2 aromatic carbocycles. The molecule has 0 amide bonds. The van der Waals surface area contributed by atoms with Crippen LogP contribution < -0.4 is 4.74 Å². The Kier molecular flexibility index (Phi) is 3.86. The quantitative estimate of drug-likeness (QED) is 0.829. The largest absolute Gasteiger partial charge is 0.489 e. The maximum atomic E-state index is 8.75. The van der Waals surface area contributed by atoms with Gasteiger partial charge in [0, 0.05) is 10.6 Å². The third-order valence-corrected chi connectivity index (χ3v) is 2.92. The van der Waals surface area contributed by atoms with Gasteiger partial charge in [-0.05, 0) is 36.8 Å². The smallest absolute Gasteiger partial charge is 0.120 e. The molecule has 0 atom stereocenters. The maximum Gasteiger partial charge on any atom is 0.120 e. The number of ether oxygens (including phenoxy) is 1. The minimum absolute atomic E-state index is 0.397. The van der Waals surface area contributed by atoms with Crippen LogP contribution in [0.1, 0.15) is 16.7 Å². The van der Waals surface area contributed by atoms with Gasteiger partial charge in [0.05, 0.1) is 11.6 Å². The second kappa shape index (κ2) is 5.57. The van der Waals surface area contributed by atoms with E-state index in [9.17, 15) is 0 Å². The van der Waals surface area contributed by atoms with Gasteiger partial charge < -0.3 is 4.74 Å². The summed E-state index contributed by atoms with van der Waals surface area (Å²) in [4.78, 5) is 0. The third-order valence-electron chi connectivity index (χ3n) is 2.57. The summed E-state index contributed by atoms with van der Waals surface area (Å²) in [6.45, 7) is 2.41. The van der Waals surface area contributed by atoms with E-state index in [0.717, 1.165) is 16.9 Å². The Morgan fingerprint density at radius 2 is 2.06 bits per heavy atom. The molecule has 90 valence electrons. The average Bonchev–Trinajstić information content (AvgIpc) is 2.37. The van der Waals surface area contributed by atoms with E-state index in [0.29, 0.717) is 17.2 Å². The van der Waals surface area contributed by atoms with Gasteiger partial charge in [-0.25, -0.2) is 0 Å². The zero-order valence-corrected chi connectivity index (χ0v) is 10.7. The molecule has 0 aliphatic heterocycles. The van der Waals surface area contributed by atoms with Crippen LogP contribution in [0.15, 0.2) is 42.5 Å². The summed E-state index contributed by atoms with van der Waals surface area (Å²) < 4.78 is 5.66. The number of hydrogen-bond donors (Lipinski definition) is 0. The molecule has 0 saturated carbocycles. The molecule has 2 rings (SSSR count). The van der Waals surface area contributed by atoms with Crippen LogP contribution in [-0.2, 0) is 6.61 Å². The molecule has 18 heavy (non-hydrogen) atoms. The van der Waals surface area contributed by atoms with Gasteiger partial charge in [-0.1, -0.05) is 29.8 Å². The van der Waals surface area contributed by atoms with Gasteiger partial charge in [-0.15, -0.1) is 0 Å². The molecule has 0 aliphatic rings. The zero-order chi connectivity index (χ0) is 13.0. The van der Waals surface area contributed by atoms with E-state index < -0.39 is 0 Å². The van der Waals surface area contributed by atoms with Crippen molar-refractivity contribution in [3.05, 3.63) is 64.2 Å². The van der Waals surface area contributed by atoms with Crippen LogP contribution in [0.4, 0.5) is 0 Å². The Labute approximate surface area is 111 Å². The summed E-state index contributed by atoms with van der Waals surface area (Å²) >= 11 is 6.07. The molecule has 0 N–H and O–H groups in total. The molecule has 0 spiro atoms. The molecular formula is C15H12ClNO. The number of nitrogens with zero attached hydrogens (tertiary/aromatic N) is 1. The molecule has 2 nitrogen and oxygen atoms in total. The SMILES string of the molecule is Cc1cccc(OCc2ccc(C#N)cc2Cl)c1. The van der Waals surface area contributed by atoms with Crippen LogP contribution in [0.2, 0.25) is 5.02 Å². The predicted octanol–water partition coefficient (Wildman–Crippen LogP) is 4.10. The standard InChI is InChI=1S/C15H12ClNO/c1-11-3-2-4-14(7-11)18-10-13-6-5-12(9-17)8-15(13)16/h2-8H,10H2,1H3. The number of hydrogen-bond acceptors (Lipinski definition) is 2. The van der Waals surface area contributed by atoms with Gasteiger partial charge in [-0.2, -0.15) is 5.26 Å². The molecule has 0 aromatic heterocycles. The fourth-order valence-electron chi connectivity index (χ4n) is 1.60. The maximum absolute atomic E-state index is 8.75. The lowest BCUT2D eigenvalue weighted by atomic mass is 10.1. The van der Waals surface area contributed by atoms with E-state index in [4.69, 9.17) is 21.6 Å². The molecule has 3 heteroatoms. The van der Waals surface area contributed by atoms with Crippen LogP contribution in [0.5, 0.6) is 5.75 Å². The number of benzene rings is 2. The predicted molar refractivity (Wildman–Crippen MR) is 71.7 cm³/mol. The topological polar surface area (TPSA) is 33.0 Å². The van der Waals surface area contributed by atoms with Crippen LogP contribution in [-0.4, -0.2) is 0 Å². The normalized spacial score (nSPS) is 9.83. The lowest BCUT2D eigenvalue weighted by Gasteiger charge is -2.08. The van der Waals surface area contributed by atoms with Crippen molar-refractivity contribution in [2.75, 3.05) is 0 Å². The van der Waals surface area contributed by atoms with Crippen molar-refractivity contribution in [1.82, 2.24) is 0 Å². The van der Waals surface area contributed by atoms with Gasteiger partial charge in [-0.3, -0.25) is 0 Å². The van der Waals surface area contributed by atoms with Gasteiger partial charge in [0.15, 0.2) is 0 Å².